The predicted octanol–water partition coefficient (Wildman–Crippen LogP) is 1.26. The smallest absolute Gasteiger partial charge is 0.406 e. The standard InChI is InChI=1S/C21H25F3N4O5/c1-11(13-4-3-5-14(10-13)33-21(22,23)24)27-19(30)28-17(20(2,31)32)15(18(28)29)8-12-6-7-26-16(25)9-12/h3-7,9-11,15,17,19,27,30-32H,8H2,1-2H3,(H2,25,26). The number of nitrogen functional groups attached to an aromatic ring is 1. The lowest BCUT2D eigenvalue weighted by Crippen LogP contribution is -2.74. The number of nitrogens with one attached hydrogen (secondary N) is 1. The number of hydrogen-bond acceptors (Lipinski definition) is 8. The van der Waals surface area contributed by atoms with Crippen molar-refractivity contribution in [2.75, 3.05) is 5.73 Å². The molecule has 9 nitrogen and oxygen atoms in total. The minimum atomic E-state index is -4.85. The monoisotopic (exact) mass is 470 g/mol. The number of benzene rings is 1. The number of ether oxygens (including phenoxy) is 1. The summed E-state index contributed by atoms with van der Waals surface area (Å²) in [5.74, 6) is -3.90. The molecule has 33 heavy (non-hydrogen) atoms. The quantitative estimate of drug-likeness (QED) is 0.287. The first-order valence-electron chi connectivity index (χ1n) is 10.0. The number of halogens is 3. The zero-order valence-electron chi connectivity index (χ0n) is 17.8. The van der Waals surface area contributed by atoms with Crippen molar-refractivity contribution in [1.29, 1.82) is 0 Å². The van der Waals surface area contributed by atoms with Crippen molar-refractivity contribution in [2.24, 2.45) is 5.92 Å². The number of aliphatic hydroxyl groups is 3. The van der Waals surface area contributed by atoms with Crippen LogP contribution in [-0.4, -0.2) is 55.7 Å². The van der Waals surface area contributed by atoms with E-state index in [1.807, 2.05) is 0 Å². The Hall–Kier alpha value is -2.93. The van der Waals surface area contributed by atoms with Gasteiger partial charge in [-0.15, -0.1) is 13.2 Å². The van der Waals surface area contributed by atoms with Gasteiger partial charge < -0.3 is 25.8 Å². The van der Waals surface area contributed by atoms with Crippen molar-refractivity contribution in [1.82, 2.24) is 15.2 Å². The lowest BCUT2D eigenvalue weighted by atomic mass is 9.78. The van der Waals surface area contributed by atoms with Crippen molar-refractivity contribution in [2.45, 2.75) is 50.9 Å². The number of nitrogens with zero attached hydrogens (tertiary/aromatic N) is 2. The summed E-state index contributed by atoms with van der Waals surface area (Å²) in [5.41, 5.74) is 6.66. The third kappa shape index (κ3) is 5.90. The number of aliphatic hydroxyl groups excluding tert-OH is 1. The van der Waals surface area contributed by atoms with Gasteiger partial charge in [0.1, 0.15) is 17.6 Å². The largest absolute Gasteiger partial charge is 0.573 e. The second-order valence-electron chi connectivity index (χ2n) is 8.07. The number of rotatable bonds is 8. The summed E-state index contributed by atoms with van der Waals surface area (Å²) in [7, 11) is 0. The third-order valence-electron chi connectivity index (χ3n) is 5.37. The number of alkyl halides is 3. The molecule has 1 aliphatic rings. The van der Waals surface area contributed by atoms with E-state index in [0.717, 1.165) is 24.0 Å². The van der Waals surface area contributed by atoms with Gasteiger partial charge in [-0.2, -0.15) is 0 Å². The van der Waals surface area contributed by atoms with Gasteiger partial charge in [-0.05, 0) is 55.7 Å². The van der Waals surface area contributed by atoms with Crippen LogP contribution in [0, 0.1) is 5.92 Å². The van der Waals surface area contributed by atoms with E-state index in [9.17, 15) is 33.3 Å². The number of hydrogen-bond donors (Lipinski definition) is 5. The molecule has 4 atom stereocenters. The number of anilines is 1. The molecule has 1 fully saturated rings. The van der Waals surface area contributed by atoms with Crippen molar-refractivity contribution < 1.29 is 38.0 Å². The second-order valence-corrected chi connectivity index (χ2v) is 8.07. The Morgan fingerprint density at radius 3 is 2.58 bits per heavy atom. The van der Waals surface area contributed by atoms with Crippen LogP contribution in [0.1, 0.15) is 31.0 Å². The van der Waals surface area contributed by atoms with Crippen LogP contribution in [0.25, 0.3) is 0 Å². The summed E-state index contributed by atoms with van der Waals surface area (Å²) < 4.78 is 41.3. The molecule has 1 aromatic heterocycles. The van der Waals surface area contributed by atoms with Gasteiger partial charge in [0.15, 0.2) is 12.1 Å². The molecule has 0 saturated carbocycles. The molecule has 2 heterocycles. The summed E-state index contributed by atoms with van der Waals surface area (Å²) in [6.45, 7) is 2.66. The molecule has 6 N–H and O–H groups in total. The number of pyridine rings is 1. The molecule has 12 heteroatoms. The summed E-state index contributed by atoms with van der Waals surface area (Å²) in [6, 6.07) is 6.48. The number of β-lactam (4-membered cyclic amide) rings is 1. The van der Waals surface area contributed by atoms with E-state index in [1.54, 1.807) is 19.1 Å². The van der Waals surface area contributed by atoms with Crippen LogP contribution >= 0.6 is 0 Å². The number of aromatic nitrogens is 1. The molecule has 0 aliphatic carbocycles. The van der Waals surface area contributed by atoms with Gasteiger partial charge in [0, 0.05) is 12.2 Å². The van der Waals surface area contributed by atoms with E-state index < -0.39 is 48.2 Å². The van der Waals surface area contributed by atoms with E-state index in [-0.39, 0.29) is 12.2 Å². The fraction of sp³-hybridized carbons (Fsp3) is 0.429. The molecule has 3 rings (SSSR count). The van der Waals surface area contributed by atoms with Crippen LogP contribution < -0.4 is 15.8 Å². The molecule has 180 valence electrons. The zero-order chi connectivity index (χ0) is 24.6. The minimum Gasteiger partial charge on any atom is -0.406 e. The highest BCUT2D eigenvalue weighted by molar-refractivity contribution is 5.87. The molecule has 0 radical (unpaired) electrons. The highest BCUT2D eigenvalue weighted by Crippen LogP contribution is 2.37. The first kappa shape index (κ1) is 24.7. The van der Waals surface area contributed by atoms with Crippen molar-refractivity contribution in [3.63, 3.8) is 0 Å². The minimum absolute atomic E-state index is 0.141. The van der Waals surface area contributed by atoms with Crippen LogP contribution in [0.2, 0.25) is 0 Å². The van der Waals surface area contributed by atoms with Gasteiger partial charge in [0.2, 0.25) is 5.91 Å². The Morgan fingerprint density at radius 2 is 1.97 bits per heavy atom. The average molecular weight is 470 g/mol. The molecule has 0 bridgehead atoms. The van der Waals surface area contributed by atoms with E-state index in [2.05, 4.69) is 15.0 Å². The van der Waals surface area contributed by atoms with E-state index in [1.165, 1.54) is 18.3 Å². The molecule has 1 saturated heterocycles. The Morgan fingerprint density at radius 1 is 1.27 bits per heavy atom. The van der Waals surface area contributed by atoms with Gasteiger partial charge in [-0.1, -0.05) is 12.1 Å². The molecule has 0 spiro atoms. The van der Waals surface area contributed by atoms with Gasteiger partial charge in [0.25, 0.3) is 0 Å². The van der Waals surface area contributed by atoms with Crippen molar-refractivity contribution >= 4 is 11.7 Å². The highest BCUT2D eigenvalue weighted by atomic mass is 19.4. The topological polar surface area (TPSA) is 141 Å². The number of likely N-dealkylation sites (tertiary alicyclic amines) is 1. The Bertz CT molecular complexity index is 998. The van der Waals surface area contributed by atoms with Crippen molar-refractivity contribution in [3.8, 4) is 5.75 Å². The normalized spacial score (nSPS) is 20.8. The average Bonchev–Trinajstić information content (AvgIpc) is 2.67. The highest BCUT2D eigenvalue weighted by Gasteiger charge is 2.57. The number of amides is 1. The summed E-state index contributed by atoms with van der Waals surface area (Å²) >= 11 is 0. The summed E-state index contributed by atoms with van der Waals surface area (Å²) in [5, 5.41) is 33.8. The van der Waals surface area contributed by atoms with Crippen LogP contribution in [-0.2, 0) is 11.2 Å². The molecule has 1 amide bonds. The number of carbonyl (C=O) groups excluding carboxylic acids is 1. The maximum atomic E-state index is 12.8. The number of carbonyl (C=O) groups is 1. The maximum absolute atomic E-state index is 12.8. The lowest BCUT2D eigenvalue weighted by molar-refractivity contribution is -0.274. The van der Waals surface area contributed by atoms with Gasteiger partial charge in [0.05, 0.1) is 5.92 Å². The molecule has 2 aromatic rings. The Kier molecular flexibility index (Phi) is 6.84. The molecular weight excluding hydrogens is 445 g/mol. The summed E-state index contributed by atoms with van der Waals surface area (Å²) in [4.78, 5) is 17.6. The SMILES string of the molecule is CC(NC(O)N1C(=O)C(Cc2ccnc(N)c2)C1C(C)(O)O)c1cccc(OC(F)(F)F)c1. The zero-order valence-corrected chi connectivity index (χ0v) is 17.8. The molecular formula is C21H25F3N4O5. The van der Waals surface area contributed by atoms with Gasteiger partial charge in [-0.25, -0.2) is 4.98 Å². The van der Waals surface area contributed by atoms with Crippen molar-refractivity contribution in [3.05, 3.63) is 53.7 Å². The fourth-order valence-electron chi connectivity index (χ4n) is 3.95. The Labute approximate surface area is 187 Å². The maximum Gasteiger partial charge on any atom is 0.573 e. The van der Waals surface area contributed by atoms with Gasteiger partial charge >= 0.3 is 6.36 Å². The lowest BCUT2D eigenvalue weighted by Gasteiger charge is -2.53. The van der Waals surface area contributed by atoms with Crippen LogP contribution in [0.5, 0.6) is 5.75 Å². The first-order chi connectivity index (χ1) is 15.3. The summed E-state index contributed by atoms with van der Waals surface area (Å²) in [6.07, 6.45) is -4.88. The fourth-order valence-corrected chi connectivity index (χ4v) is 3.95. The molecule has 1 aliphatic heterocycles. The van der Waals surface area contributed by atoms with Crippen LogP contribution in [0.4, 0.5) is 19.0 Å². The van der Waals surface area contributed by atoms with E-state index in [0.29, 0.717) is 11.1 Å². The number of nitrogens with two attached hydrogens (primary N) is 1. The second kappa shape index (κ2) is 9.14. The van der Waals surface area contributed by atoms with Crippen LogP contribution in [0.3, 0.4) is 0 Å². The van der Waals surface area contributed by atoms with Crippen LogP contribution in [0.15, 0.2) is 42.6 Å². The Balaban J connectivity index is 1.72. The molecule has 1 aromatic carbocycles. The third-order valence-corrected chi connectivity index (χ3v) is 5.37. The van der Waals surface area contributed by atoms with E-state index in [4.69, 9.17) is 5.73 Å². The predicted molar refractivity (Wildman–Crippen MR) is 110 cm³/mol. The van der Waals surface area contributed by atoms with E-state index >= 15 is 0 Å². The molecule has 4 unspecified atom stereocenters. The van der Waals surface area contributed by atoms with Gasteiger partial charge in [-0.3, -0.25) is 15.0 Å². The first-order valence-corrected chi connectivity index (χ1v) is 10.0.